The molecule has 0 atom stereocenters. The molecule has 0 aliphatic carbocycles. The smallest absolute Gasteiger partial charge is 0.329 e. The number of nitrogens with zero attached hydrogens (tertiary/aromatic N) is 1. The SMILES string of the molecule is COc1ccc(C)cc1NC(=O)C(=O)N/N=C\c1ccc(OCC(=O)NC(C)C)cc1. The van der Waals surface area contributed by atoms with Gasteiger partial charge in [-0.05, 0) is 68.3 Å². The summed E-state index contributed by atoms with van der Waals surface area (Å²) >= 11 is 0. The van der Waals surface area contributed by atoms with Gasteiger partial charge in [-0.25, -0.2) is 5.43 Å². The second-order valence-corrected chi connectivity index (χ2v) is 6.94. The van der Waals surface area contributed by atoms with Crippen LogP contribution in [0, 0.1) is 6.92 Å². The monoisotopic (exact) mass is 426 g/mol. The molecule has 0 radical (unpaired) electrons. The largest absolute Gasteiger partial charge is 0.495 e. The van der Waals surface area contributed by atoms with Gasteiger partial charge >= 0.3 is 11.8 Å². The fourth-order valence-electron chi connectivity index (χ4n) is 2.48. The van der Waals surface area contributed by atoms with E-state index in [1.54, 1.807) is 36.4 Å². The summed E-state index contributed by atoms with van der Waals surface area (Å²) in [6.07, 6.45) is 1.38. The minimum Gasteiger partial charge on any atom is -0.495 e. The molecule has 3 amide bonds. The highest BCUT2D eigenvalue weighted by molar-refractivity contribution is 6.39. The maximum absolute atomic E-state index is 12.1. The van der Waals surface area contributed by atoms with Crippen LogP contribution in [0.15, 0.2) is 47.6 Å². The van der Waals surface area contributed by atoms with E-state index in [0.29, 0.717) is 22.7 Å². The third-order valence-corrected chi connectivity index (χ3v) is 3.89. The number of ether oxygens (including phenoxy) is 2. The zero-order valence-electron chi connectivity index (χ0n) is 17.9. The Labute approximate surface area is 180 Å². The first-order chi connectivity index (χ1) is 14.8. The molecule has 3 N–H and O–H groups in total. The molecule has 164 valence electrons. The van der Waals surface area contributed by atoms with E-state index in [4.69, 9.17) is 9.47 Å². The van der Waals surface area contributed by atoms with Crippen molar-refractivity contribution >= 4 is 29.6 Å². The Bertz CT molecular complexity index is 955. The van der Waals surface area contributed by atoms with Gasteiger partial charge in [0.1, 0.15) is 11.5 Å². The van der Waals surface area contributed by atoms with Crippen LogP contribution in [0.2, 0.25) is 0 Å². The maximum atomic E-state index is 12.1. The third kappa shape index (κ3) is 7.81. The molecule has 0 fully saturated rings. The molecule has 0 unspecified atom stereocenters. The van der Waals surface area contributed by atoms with E-state index in [2.05, 4.69) is 21.2 Å². The van der Waals surface area contributed by atoms with E-state index in [1.165, 1.54) is 13.3 Å². The molecule has 0 aliphatic rings. The number of anilines is 1. The number of rotatable bonds is 8. The van der Waals surface area contributed by atoms with Gasteiger partial charge in [0, 0.05) is 6.04 Å². The molecule has 31 heavy (non-hydrogen) atoms. The first kappa shape index (κ1) is 23.4. The van der Waals surface area contributed by atoms with Crippen molar-refractivity contribution < 1.29 is 23.9 Å². The number of hydrogen-bond donors (Lipinski definition) is 3. The van der Waals surface area contributed by atoms with Crippen molar-refractivity contribution in [3.05, 3.63) is 53.6 Å². The lowest BCUT2D eigenvalue weighted by Crippen LogP contribution is -2.34. The summed E-state index contributed by atoms with van der Waals surface area (Å²) < 4.78 is 10.6. The molecule has 0 saturated carbocycles. The van der Waals surface area contributed by atoms with Gasteiger partial charge in [0.15, 0.2) is 6.61 Å². The summed E-state index contributed by atoms with van der Waals surface area (Å²) in [5, 5.41) is 9.00. The Hall–Kier alpha value is -3.88. The second kappa shape index (κ2) is 11.3. The van der Waals surface area contributed by atoms with Crippen LogP contribution in [-0.2, 0) is 14.4 Å². The quantitative estimate of drug-likeness (QED) is 0.339. The Morgan fingerprint density at radius 2 is 1.77 bits per heavy atom. The van der Waals surface area contributed by atoms with Crippen LogP contribution in [0.1, 0.15) is 25.0 Å². The summed E-state index contributed by atoms with van der Waals surface area (Å²) in [5.41, 5.74) is 4.13. The Morgan fingerprint density at radius 1 is 1.06 bits per heavy atom. The number of aryl methyl sites for hydroxylation is 1. The van der Waals surface area contributed by atoms with Crippen LogP contribution in [0.3, 0.4) is 0 Å². The molecule has 9 nitrogen and oxygen atoms in total. The normalized spacial score (nSPS) is 10.6. The van der Waals surface area contributed by atoms with Gasteiger partial charge in [-0.1, -0.05) is 6.07 Å². The second-order valence-electron chi connectivity index (χ2n) is 6.94. The van der Waals surface area contributed by atoms with Crippen molar-refractivity contribution in [3.63, 3.8) is 0 Å². The fraction of sp³-hybridized carbons (Fsp3) is 0.273. The molecule has 2 rings (SSSR count). The maximum Gasteiger partial charge on any atom is 0.329 e. The number of nitrogens with one attached hydrogen (secondary N) is 3. The number of benzene rings is 2. The molecule has 0 aliphatic heterocycles. The number of carbonyl (C=O) groups is 3. The predicted molar refractivity (Wildman–Crippen MR) is 117 cm³/mol. The molecule has 2 aromatic rings. The molecule has 0 aromatic heterocycles. The number of amides is 3. The topological polar surface area (TPSA) is 118 Å². The fourth-order valence-corrected chi connectivity index (χ4v) is 2.48. The molecule has 0 heterocycles. The van der Waals surface area contributed by atoms with Gasteiger partial charge in [0.25, 0.3) is 5.91 Å². The van der Waals surface area contributed by atoms with Gasteiger partial charge in [-0.2, -0.15) is 5.10 Å². The Kier molecular flexibility index (Phi) is 8.56. The van der Waals surface area contributed by atoms with Crippen LogP contribution < -0.4 is 25.5 Å². The minimum atomic E-state index is -0.920. The lowest BCUT2D eigenvalue weighted by atomic mass is 10.2. The molecule has 9 heteroatoms. The zero-order valence-corrected chi connectivity index (χ0v) is 17.9. The summed E-state index contributed by atoms with van der Waals surface area (Å²) in [4.78, 5) is 35.6. The number of hydrogen-bond acceptors (Lipinski definition) is 6. The highest BCUT2D eigenvalue weighted by Crippen LogP contribution is 2.24. The number of carbonyl (C=O) groups excluding carboxylic acids is 3. The molecule has 0 spiro atoms. The molecular weight excluding hydrogens is 400 g/mol. The van der Waals surface area contributed by atoms with Crippen molar-refractivity contribution in [1.82, 2.24) is 10.7 Å². The molecule has 0 bridgehead atoms. The van der Waals surface area contributed by atoms with Crippen LogP contribution >= 0.6 is 0 Å². The lowest BCUT2D eigenvalue weighted by molar-refractivity contribution is -0.136. The van der Waals surface area contributed by atoms with Crippen LogP contribution in [0.25, 0.3) is 0 Å². The zero-order chi connectivity index (χ0) is 22.8. The highest BCUT2D eigenvalue weighted by Gasteiger charge is 2.15. The van der Waals surface area contributed by atoms with Crippen LogP contribution in [0.5, 0.6) is 11.5 Å². The van der Waals surface area contributed by atoms with E-state index in [0.717, 1.165) is 5.56 Å². The molecular formula is C22H26N4O5. The Balaban J connectivity index is 1.85. The van der Waals surface area contributed by atoms with Crippen molar-refractivity contribution in [3.8, 4) is 11.5 Å². The third-order valence-electron chi connectivity index (χ3n) is 3.89. The van der Waals surface area contributed by atoms with Crippen LogP contribution in [0.4, 0.5) is 5.69 Å². The van der Waals surface area contributed by atoms with Crippen molar-refractivity contribution in [2.45, 2.75) is 26.8 Å². The van der Waals surface area contributed by atoms with E-state index < -0.39 is 11.8 Å². The minimum absolute atomic E-state index is 0.0471. The van der Waals surface area contributed by atoms with Gasteiger partial charge < -0.3 is 20.1 Å². The van der Waals surface area contributed by atoms with E-state index in [9.17, 15) is 14.4 Å². The van der Waals surface area contributed by atoms with Crippen molar-refractivity contribution in [1.29, 1.82) is 0 Å². The van der Waals surface area contributed by atoms with Crippen molar-refractivity contribution in [2.24, 2.45) is 5.10 Å². The molecule has 2 aromatic carbocycles. The average molecular weight is 426 g/mol. The van der Waals surface area contributed by atoms with Gasteiger partial charge in [-0.15, -0.1) is 0 Å². The lowest BCUT2D eigenvalue weighted by Gasteiger charge is -2.10. The highest BCUT2D eigenvalue weighted by atomic mass is 16.5. The van der Waals surface area contributed by atoms with E-state index in [1.807, 2.05) is 26.8 Å². The van der Waals surface area contributed by atoms with Gasteiger partial charge in [0.05, 0.1) is 19.0 Å². The summed E-state index contributed by atoms with van der Waals surface area (Å²) in [7, 11) is 1.47. The average Bonchev–Trinajstić information content (AvgIpc) is 2.72. The summed E-state index contributed by atoms with van der Waals surface area (Å²) in [5.74, 6) is -1.03. The Morgan fingerprint density at radius 3 is 2.42 bits per heavy atom. The first-order valence-electron chi connectivity index (χ1n) is 9.59. The predicted octanol–water partition coefficient (Wildman–Crippen LogP) is 2.00. The number of hydrazone groups is 1. The van der Waals surface area contributed by atoms with Crippen LogP contribution in [-0.4, -0.2) is 43.7 Å². The summed E-state index contributed by atoms with van der Waals surface area (Å²) in [6, 6.07) is 12.0. The van der Waals surface area contributed by atoms with E-state index in [-0.39, 0.29) is 18.6 Å². The molecule has 0 saturated heterocycles. The summed E-state index contributed by atoms with van der Waals surface area (Å²) in [6.45, 7) is 5.51. The number of methoxy groups -OCH3 is 1. The standard InChI is InChI=1S/C22H26N4O5/c1-14(2)24-20(27)13-31-17-8-6-16(7-9-17)12-23-26-22(29)21(28)25-18-11-15(3)5-10-19(18)30-4/h5-12,14H,13H2,1-4H3,(H,24,27)(H,25,28)(H,26,29)/b23-12-. The van der Waals surface area contributed by atoms with Gasteiger partial charge in [-0.3, -0.25) is 14.4 Å². The van der Waals surface area contributed by atoms with Crippen molar-refractivity contribution in [2.75, 3.05) is 19.0 Å². The van der Waals surface area contributed by atoms with Gasteiger partial charge in [0.2, 0.25) is 0 Å². The first-order valence-corrected chi connectivity index (χ1v) is 9.59. The van der Waals surface area contributed by atoms with E-state index >= 15 is 0 Å².